The van der Waals surface area contributed by atoms with Crippen molar-refractivity contribution in [1.82, 2.24) is 15.3 Å². The predicted octanol–water partition coefficient (Wildman–Crippen LogP) is 5.05. The summed E-state index contributed by atoms with van der Waals surface area (Å²) in [7, 11) is 0. The summed E-state index contributed by atoms with van der Waals surface area (Å²) in [4.78, 5) is 21.9. The van der Waals surface area contributed by atoms with Gasteiger partial charge in [0.25, 0.3) is 0 Å². The first-order chi connectivity index (χ1) is 19.3. The number of aliphatic hydroxyl groups excluding tert-OH is 2. The molecule has 0 spiro atoms. The summed E-state index contributed by atoms with van der Waals surface area (Å²) in [6, 6.07) is 8.44. The Hall–Kier alpha value is -3.20. The number of aliphatic hydroxyl groups is 2. The fraction of sp³-hybridized carbons (Fsp3) is 0.379. The van der Waals surface area contributed by atoms with Crippen molar-refractivity contribution in [2.75, 3.05) is 11.9 Å². The van der Waals surface area contributed by atoms with Crippen molar-refractivity contribution in [3.05, 3.63) is 87.3 Å². The molecule has 216 valence electrons. The van der Waals surface area contributed by atoms with E-state index in [2.05, 4.69) is 26.7 Å². The highest BCUT2D eigenvalue weighted by molar-refractivity contribution is 6.31. The number of nitriles is 1. The molecule has 2 heterocycles. The minimum absolute atomic E-state index is 0.00973. The molecule has 0 aliphatic carbocycles. The van der Waals surface area contributed by atoms with Crippen molar-refractivity contribution in [3.8, 4) is 6.07 Å². The number of hydrogen-bond acceptors (Lipinski definition) is 7. The monoisotopic (exact) mass is 603 g/mol. The highest BCUT2D eigenvalue weighted by Gasteiger charge is 2.61. The van der Waals surface area contributed by atoms with Gasteiger partial charge in [-0.15, -0.1) is 0 Å². The first-order valence-electron chi connectivity index (χ1n) is 12.8. The second-order valence-corrected chi connectivity index (χ2v) is 12.0. The molecule has 1 amide bonds. The van der Waals surface area contributed by atoms with Gasteiger partial charge in [-0.05, 0) is 35.6 Å². The Balaban J connectivity index is 1.89. The molecule has 1 saturated heterocycles. The van der Waals surface area contributed by atoms with Gasteiger partial charge in [-0.3, -0.25) is 9.78 Å². The van der Waals surface area contributed by atoms with E-state index >= 15 is 8.78 Å². The molecule has 1 aliphatic heterocycles. The number of hydrogen-bond donors (Lipinski definition) is 4. The van der Waals surface area contributed by atoms with Gasteiger partial charge < -0.3 is 20.8 Å². The zero-order valence-corrected chi connectivity index (χ0v) is 24.0. The molecule has 0 saturated carbocycles. The molecule has 4 rings (SSSR count). The normalized spacial score (nSPS) is 23.2. The molecule has 41 heavy (non-hydrogen) atoms. The van der Waals surface area contributed by atoms with Gasteiger partial charge in [-0.1, -0.05) is 62.2 Å². The molecular weight excluding hydrogens is 575 g/mol. The van der Waals surface area contributed by atoms with Crippen LogP contribution in [0, 0.1) is 28.4 Å². The molecular formula is C29H29Cl2F2N5O3. The number of amides is 1. The number of benzene rings is 2. The third-order valence-corrected chi connectivity index (χ3v) is 7.70. The number of aromatic nitrogens is 2. The average Bonchev–Trinajstić information content (AvgIpc) is 3.23. The Morgan fingerprint density at radius 3 is 2.54 bits per heavy atom. The summed E-state index contributed by atoms with van der Waals surface area (Å²) < 4.78 is 31.4. The van der Waals surface area contributed by atoms with E-state index in [-0.39, 0.29) is 38.1 Å². The smallest absolute Gasteiger partial charge is 0.243 e. The summed E-state index contributed by atoms with van der Waals surface area (Å²) in [5.41, 5.74) is -2.13. The number of nitrogens with zero attached hydrogens (tertiary/aromatic N) is 3. The van der Waals surface area contributed by atoms with Crippen LogP contribution in [0.2, 0.25) is 10.0 Å². The number of nitrogens with one attached hydrogen (secondary N) is 2. The fourth-order valence-electron chi connectivity index (χ4n) is 5.43. The number of rotatable bonds is 7. The number of halogens is 4. The van der Waals surface area contributed by atoms with Gasteiger partial charge in [0.15, 0.2) is 5.82 Å². The van der Waals surface area contributed by atoms with Gasteiger partial charge >= 0.3 is 0 Å². The summed E-state index contributed by atoms with van der Waals surface area (Å²) in [5, 5.41) is 35.5. The summed E-state index contributed by atoms with van der Waals surface area (Å²) in [6.07, 6.45) is 1.46. The lowest BCUT2D eigenvalue weighted by atomic mass is 9.62. The Morgan fingerprint density at radius 1 is 1.22 bits per heavy atom. The van der Waals surface area contributed by atoms with Gasteiger partial charge in [0.05, 0.1) is 41.8 Å². The number of carbonyl (C=O) groups excluding carboxylic acids is 1. The molecule has 0 bridgehead atoms. The lowest BCUT2D eigenvalue weighted by Crippen LogP contribution is -2.45. The standard InChI is InChI=1S/C29H29Cl2F2N5O3/c1-28(2,3)10-22-29(14-34,17-8-7-15(30)9-19(17)32)24(16-5-4-6-18(31)25(16)33)26(37-22)27(41)38-23-12-35-20(11-36-23)21(40)13-39/h4-9,11-12,21-22,24,26,37,39-40H,10,13H2,1-3H3,(H,36,38,41)/t21-,22+,24+,26?,29+/m1/s1. The van der Waals surface area contributed by atoms with Gasteiger partial charge in [0.1, 0.15) is 23.2 Å². The minimum atomic E-state index is -1.77. The highest BCUT2D eigenvalue weighted by Crippen LogP contribution is 2.52. The van der Waals surface area contributed by atoms with Crippen LogP contribution in [0.1, 0.15) is 56.0 Å². The largest absolute Gasteiger partial charge is 0.393 e. The van der Waals surface area contributed by atoms with Crippen LogP contribution in [0.4, 0.5) is 14.6 Å². The average molecular weight is 604 g/mol. The van der Waals surface area contributed by atoms with Crippen molar-refractivity contribution >= 4 is 34.9 Å². The van der Waals surface area contributed by atoms with Crippen LogP contribution in [-0.2, 0) is 10.2 Å². The number of anilines is 1. The summed E-state index contributed by atoms with van der Waals surface area (Å²) in [6.45, 7) is 5.26. The molecule has 1 aromatic heterocycles. The second-order valence-electron chi connectivity index (χ2n) is 11.2. The minimum Gasteiger partial charge on any atom is -0.393 e. The van der Waals surface area contributed by atoms with Crippen molar-refractivity contribution < 1.29 is 23.8 Å². The topological polar surface area (TPSA) is 131 Å². The SMILES string of the molecule is CC(C)(C)C[C@@H]1NC(C(=O)Nc2cnc([C@H](O)CO)cn2)[C@H](c2cccc(Cl)c2F)[C@@]1(C#N)c1ccc(Cl)cc1F. The Morgan fingerprint density at radius 2 is 1.95 bits per heavy atom. The molecule has 0 radical (unpaired) electrons. The third-order valence-electron chi connectivity index (χ3n) is 7.17. The molecule has 1 aliphatic rings. The van der Waals surface area contributed by atoms with Crippen LogP contribution in [-0.4, -0.2) is 44.8 Å². The van der Waals surface area contributed by atoms with E-state index in [0.717, 1.165) is 6.07 Å². The van der Waals surface area contributed by atoms with Crippen LogP contribution < -0.4 is 10.6 Å². The van der Waals surface area contributed by atoms with Crippen molar-refractivity contribution in [2.45, 2.75) is 56.7 Å². The van der Waals surface area contributed by atoms with Crippen molar-refractivity contribution in [3.63, 3.8) is 0 Å². The molecule has 1 unspecified atom stereocenters. The van der Waals surface area contributed by atoms with E-state index in [0.29, 0.717) is 6.42 Å². The molecule has 1 fully saturated rings. The van der Waals surface area contributed by atoms with Crippen LogP contribution in [0.25, 0.3) is 0 Å². The van der Waals surface area contributed by atoms with E-state index in [4.69, 9.17) is 28.3 Å². The Bertz CT molecular complexity index is 1480. The highest BCUT2D eigenvalue weighted by atomic mass is 35.5. The predicted molar refractivity (Wildman–Crippen MR) is 150 cm³/mol. The molecule has 5 atom stereocenters. The number of carbonyl (C=O) groups is 1. The van der Waals surface area contributed by atoms with E-state index in [1.807, 2.05) is 20.8 Å². The van der Waals surface area contributed by atoms with E-state index in [9.17, 15) is 15.2 Å². The van der Waals surface area contributed by atoms with Crippen molar-refractivity contribution in [2.24, 2.45) is 5.41 Å². The van der Waals surface area contributed by atoms with Crippen molar-refractivity contribution in [1.29, 1.82) is 5.26 Å². The van der Waals surface area contributed by atoms with Gasteiger partial charge in [-0.2, -0.15) is 5.26 Å². The molecule has 2 aromatic carbocycles. The Kier molecular flexibility index (Phi) is 8.97. The summed E-state index contributed by atoms with van der Waals surface area (Å²) >= 11 is 12.2. The lowest BCUT2D eigenvalue weighted by molar-refractivity contribution is -0.118. The van der Waals surface area contributed by atoms with Crippen LogP contribution in [0.15, 0.2) is 48.8 Å². The van der Waals surface area contributed by atoms with Gasteiger partial charge in [0, 0.05) is 22.5 Å². The molecule has 12 heteroatoms. The molecule has 3 aromatic rings. The zero-order chi connectivity index (χ0) is 30.1. The van der Waals surface area contributed by atoms with Crippen LogP contribution in [0.3, 0.4) is 0 Å². The quantitative estimate of drug-likeness (QED) is 0.297. The summed E-state index contributed by atoms with van der Waals surface area (Å²) in [5.74, 6) is -3.50. The third kappa shape index (κ3) is 6.05. The van der Waals surface area contributed by atoms with Gasteiger partial charge in [0.2, 0.25) is 5.91 Å². The van der Waals surface area contributed by atoms with Crippen LogP contribution in [0.5, 0.6) is 0 Å². The van der Waals surface area contributed by atoms with E-state index < -0.39 is 53.7 Å². The Labute approximate surface area is 246 Å². The van der Waals surface area contributed by atoms with E-state index in [1.54, 1.807) is 0 Å². The molecule has 4 N–H and O–H groups in total. The van der Waals surface area contributed by atoms with Gasteiger partial charge in [-0.25, -0.2) is 13.8 Å². The first-order valence-corrected chi connectivity index (χ1v) is 13.6. The lowest BCUT2D eigenvalue weighted by Gasteiger charge is -2.37. The van der Waals surface area contributed by atoms with E-state index in [1.165, 1.54) is 42.7 Å². The maximum atomic E-state index is 15.7. The zero-order valence-electron chi connectivity index (χ0n) is 22.5. The maximum absolute atomic E-state index is 15.7. The first kappa shape index (κ1) is 30.8. The second kappa shape index (κ2) is 12.0. The van der Waals surface area contributed by atoms with Crippen LogP contribution >= 0.6 is 23.2 Å². The fourth-order valence-corrected chi connectivity index (χ4v) is 5.77. The maximum Gasteiger partial charge on any atom is 0.243 e. The molecule has 8 nitrogen and oxygen atoms in total.